The van der Waals surface area contributed by atoms with E-state index in [1.54, 1.807) is 6.07 Å². The van der Waals surface area contributed by atoms with Crippen molar-refractivity contribution in [1.82, 2.24) is 10.2 Å². The molecular weight excluding hydrogens is 368 g/mol. The quantitative estimate of drug-likeness (QED) is 0.696. The standard InChI is InChI=1S/C20H27ClN2O4/c1-2-14-7-9-20(10-8-14)18(25)23(19(26)22-20)11-16(24)13-27-12-15-5-3-4-6-17(15)21/h3-6,14,16,24H,2,7-13H2,1H3,(H,22,26). The first kappa shape index (κ1) is 20.1. The second-order valence-corrected chi connectivity index (χ2v) is 7.95. The lowest BCUT2D eigenvalue weighted by Gasteiger charge is -2.34. The minimum atomic E-state index is -0.940. The highest BCUT2D eigenvalue weighted by Crippen LogP contribution is 2.37. The van der Waals surface area contributed by atoms with Gasteiger partial charge in [0, 0.05) is 5.02 Å². The molecule has 1 aliphatic carbocycles. The highest BCUT2D eigenvalue weighted by atomic mass is 35.5. The van der Waals surface area contributed by atoms with Crippen LogP contribution in [0.4, 0.5) is 4.79 Å². The van der Waals surface area contributed by atoms with Crippen molar-refractivity contribution in [2.75, 3.05) is 13.2 Å². The summed E-state index contributed by atoms with van der Waals surface area (Å²) in [5.41, 5.74) is 0.0500. The molecule has 2 aliphatic rings. The van der Waals surface area contributed by atoms with E-state index in [2.05, 4.69) is 12.2 Å². The van der Waals surface area contributed by atoms with Crippen LogP contribution in [0, 0.1) is 5.92 Å². The van der Waals surface area contributed by atoms with Crippen molar-refractivity contribution in [3.63, 3.8) is 0 Å². The summed E-state index contributed by atoms with van der Waals surface area (Å²) in [4.78, 5) is 26.3. The number of carbonyl (C=O) groups is 2. The number of benzene rings is 1. The van der Waals surface area contributed by atoms with Crippen LogP contribution in [-0.4, -0.2) is 46.7 Å². The molecule has 0 bridgehead atoms. The van der Waals surface area contributed by atoms with Crippen molar-refractivity contribution in [3.8, 4) is 0 Å². The van der Waals surface area contributed by atoms with E-state index >= 15 is 0 Å². The average molecular weight is 395 g/mol. The molecule has 3 rings (SSSR count). The van der Waals surface area contributed by atoms with Crippen LogP contribution < -0.4 is 5.32 Å². The van der Waals surface area contributed by atoms with Gasteiger partial charge in [-0.25, -0.2) is 4.79 Å². The molecule has 1 spiro atoms. The minimum Gasteiger partial charge on any atom is -0.389 e. The first-order valence-corrected chi connectivity index (χ1v) is 9.96. The van der Waals surface area contributed by atoms with Crippen LogP contribution in [0.1, 0.15) is 44.6 Å². The molecule has 1 unspecified atom stereocenters. The normalized spacial score (nSPS) is 26.5. The number of β-amino-alcohol motifs (C(OH)–C–C–N with tert-alkyl or cyclic N) is 1. The number of hydrogen-bond donors (Lipinski definition) is 2. The van der Waals surface area contributed by atoms with E-state index in [0.29, 0.717) is 23.8 Å². The number of urea groups is 1. The minimum absolute atomic E-state index is 0.0210. The molecule has 1 aromatic rings. The van der Waals surface area contributed by atoms with E-state index in [9.17, 15) is 14.7 Å². The predicted octanol–water partition coefficient (Wildman–Crippen LogP) is 3.11. The van der Waals surface area contributed by atoms with Crippen LogP contribution in [0.15, 0.2) is 24.3 Å². The number of hydrogen-bond acceptors (Lipinski definition) is 4. The van der Waals surface area contributed by atoms with Gasteiger partial charge in [0.2, 0.25) is 0 Å². The number of nitrogens with one attached hydrogen (secondary N) is 1. The van der Waals surface area contributed by atoms with Crippen LogP contribution in [0.5, 0.6) is 0 Å². The number of carbonyl (C=O) groups excluding carboxylic acids is 2. The van der Waals surface area contributed by atoms with Gasteiger partial charge in [-0.05, 0) is 43.2 Å². The van der Waals surface area contributed by atoms with E-state index in [1.807, 2.05) is 18.2 Å². The fourth-order valence-corrected chi connectivity index (χ4v) is 4.13. The fourth-order valence-electron chi connectivity index (χ4n) is 3.94. The molecule has 0 radical (unpaired) electrons. The van der Waals surface area contributed by atoms with Crippen LogP contribution >= 0.6 is 11.6 Å². The molecule has 2 fully saturated rings. The SMILES string of the molecule is CCC1CCC2(CC1)NC(=O)N(CC(O)COCc1ccccc1Cl)C2=O. The number of rotatable bonds is 7. The number of ether oxygens (including phenoxy) is 1. The van der Waals surface area contributed by atoms with E-state index in [1.165, 1.54) is 0 Å². The maximum atomic E-state index is 12.8. The van der Waals surface area contributed by atoms with Gasteiger partial charge < -0.3 is 15.2 Å². The van der Waals surface area contributed by atoms with Crippen molar-refractivity contribution in [2.24, 2.45) is 5.92 Å². The number of halogens is 1. The van der Waals surface area contributed by atoms with Crippen molar-refractivity contribution >= 4 is 23.5 Å². The Hall–Kier alpha value is -1.63. The molecule has 0 aromatic heterocycles. The third-order valence-corrected chi connectivity index (χ3v) is 6.07. The van der Waals surface area contributed by atoms with Crippen molar-refractivity contribution in [2.45, 2.75) is 57.3 Å². The summed E-state index contributed by atoms with van der Waals surface area (Å²) in [6, 6.07) is 6.91. The zero-order valence-corrected chi connectivity index (χ0v) is 16.4. The molecule has 148 valence electrons. The molecule has 1 atom stereocenters. The number of nitrogens with zero attached hydrogens (tertiary/aromatic N) is 1. The van der Waals surface area contributed by atoms with Gasteiger partial charge in [-0.2, -0.15) is 0 Å². The summed E-state index contributed by atoms with van der Waals surface area (Å²) >= 11 is 6.07. The largest absolute Gasteiger partial charge is 0.389 e. The van der Waals surface area contributed by atoms with E-state index in [4.69, 9.17) is 16.3 Å². The third-order valence-electron chi connectivity index (χ3n) is 5.70. The fraction of sp³-hybridized carbons (Fsp3) is 0.600. The lowest BCUT2D eigenvalue weighted by atomic mass is 9.75. The number of amides is 3. The number of aliphatic hydroxyl groups is 1. The highest BCUT2D eigenvalue weighted by Gasteiger charge is 2.52. The molecule has 1 heterocycles. The van der Waals surface area contributed by atoms with Gasteiger partial charge in [-0.3, -0.25) is 9.69 Å². The lowest BCUT2D eigenvalue weighted by Crippen LogP contribution is -2.50. The van der Waals surface area contributed by atoms with Gasteiger partial charge in [-0.1, -0.05) is 43.1 Å². The van der Waals surface area contributed by atoms with E-state index < -0.39 is 17.7 Å². The summed E-state index contributed by atoms with van der Waals surface area (Å²) in [7, 11) is 0. The van der Waals surface area contributed by atoms with E-state index in [-0.39, 0.29) is 25.7 Å². The Morgan fingerprint density at radius 2 is 2.04 bits per heavy atom. The molecule has 1 aliphatic heterocycles. The Morgan fingerprint density at radius 3 is 2.70 bits per heavy atom. The lowest BCUT2D eigenvalue weighted by molar-refractivity contribution is -0.134. The van der Waals surface area contributed by atoms with Crippen molar-refractivity contribution in [1.29, 1.82) is 0 Å². The summed E-state index contributed by atoms with van der Waals surface area (Å²) < 4.78 is 5.50. The Labute approximate surface area is 164 Å². The summed E-state index contributed by atoms with van der Waals surface area (Å²) in [5.74, 6) is 0.408. The molecule has 6 nitrogen and oxygen atoms in total. The second-order valence-electron chi connectivity index (χ2n) is 7.54. The molecule has 27 heavy (non-hydrogen) atoms. The average Bonchev–Trinajstić information content (AvgIpc) is 2.88. The monoisotopic (exact) mass is 394 g/mol. The number of aliphatic hydroxyl groups excluding tert-OH is 1. The predicted molar refractivity (Wildman–Crippen MR) is 102 cm³/mol. The van der Waals surface area contributed by atoms with Crippen molar-refractivity contribution in [3.05, 3.63) is 34.9 Å². The molecule has 7 heteroatoms. The molecule has 1 saturated heterocycles. The Bertz CT molecular complexity index is 688. The molecule has 2 N–H and O–H groups in total. The van der Waals surface area contributed by atoms with Gasteiger partial charge in [0.25, 0.3) is 5.91 Å². The third kappa shape index (κ3) is 4.45. The first-order chi connectivity index (χ1) is 12.9. The maximum absolute atomic E-state index is 12.8. The zero-order chi connectivity index (χ0) is 19.4. The summed E-state index contributed by atoms with van der Waals surface area (Å²) in [6.07, 6.45) is 3.39. The van der Waals surface area contributed by atoms with Crippen molar-refractivity contribution < 1.29 is 19.4 Å². The van der Waals surface area contributed by atoms with Gasteiger partial charge in [-0.15, -0.1) is 0 Å². The van der Waals surface area contributed by atoms with Crippen LogP contribution in [0.25, 0.3) is 0 Å². The Balaban J connectivity index is 1.50. The Morgan fingerprint density at radius 1 is 1.33 bits per heavy atom. The summed E-state index contributed by atoms with van der Waals surface area (Å²) in [6.45, 7) is 2.38. The van der Waals surface area contributed by atoms with Crippen LogP contribution in [0.2, 0.25) is 5.02 Å². The summed E-state index contributed by atoms with van der Waals surface area (Å²) in [5, 5.41) is 13.7. The number of imide groups is 1. The molecule has 1 saturated carbocycles. The molecular formula is C20H27ClN2O4. The smallest absolute Gasteiger partial charge is 0.325 e. The molecule has 1 aromatic carbocycles. The van der Waals surface area contributed by atoms with Crippen LogP contribution in [0.3, 0.4) is 0 Å². The maximum Gasteiger partial charge on any atom is 0.325 e. The van der Waals surface area contributed by atoms with Gasteiger partial charge in [0.15, 0.2) is 0 Å². The second kappa shape index (κ2) is 8.59. The van der Waals surface area contributed by atoms with Gasteiger partial charge in [0.05, 0.1) is 25.9 Å². The zero-order valence-electron chi connectivity index (χ0n) is 15.6. The first-order valence-electron chi connectivity index (χ1n) is 9.58. The molecule has 3 amide bonds. The van der Waals surface area contributed by atoms with E-state index in [0.717, 1.165) is 29.7 Å². The highest BCUT2D eigenvalue weighted by molar-refractivity contribution is 6.31. The van der Waals surface area contributed by atoms with Crippen LogP contribution in [-0.2, 0) is 16.1 Å². The Kier molecular flexibility index (Phi) is 6.40. The van der Waals surface area contributed by atoms with Gasteiger partial charge >= 0.3 is 6.03 Å². The van der Waals surface area contributed by atoms with Gasteiger partial charge in [0.1, 0.15) is 5.54 Å². The topological polar surface area (TPSA) is 78.9 Å².